The molecule has 5 heteroatoms. The van der Waals surface area contributed by atoms with E-state index < -0.39 is 0 Å². The molecule has 1 aromatic carbocycles. The Morgan fingerprint density at radius 3 is 2.62 bits per heavy atom. The van der Waals surface area contributed by atoms with Crippen molar-refractivity contribution in [1.29, 1.82) is 0 Å². The number of benzene rings is 1. The summed E-state index contributed by atoms with van der Waals surface area (Å²) < 4.78 is 7.48. The van der Waals surface area contributed by atoms with Crippen LogP contribution in [0.4, 0.5) is 0 Å². The lowest BCUT2D eigenvalue weighted by atomic mass is 10.1. The molecule has 0 aromatic heterocycles. The molecule has 0 saturated carbocycles. The molecule has 1 aliphatic rings. The van der Waals surface area contributed by atoms with E-state index in [1.54, 1.807) is 0 Å². The monoisotopic (exact) mass is 368 g/mol. The van der Waals surface area contributed by atoms with Crippen LogP contribution < -0.4 is 0 Å². The van der Waals surface area contributed by atoms with Crippen molar-refractivity contribution in [3.63, 3.8) is 0 Å². The first-order valence-corrected chi connectivity index (χ1v) is 5.82. The molecule has 0 saturated heterocycles. The normalized spacial score (nSPS) is 14.2. The van der Waals surface area contributed by atoms with E-state index in [1.807, 2.05) is 6.07 Å². The third-order valence-electron chi connectivity index (χ3n) is 1.82. The molecule has 1 heterocycles. The fraction of sp³-hybridized carbons (Fsp3) is 0.125. The van der Waals surface area contributed by atoms with Gasteiger partial charge >= 0.3 is 5.97 Å². The maximum atomic E-state index is 11.3. The van der Waals surface area contributed by atoms with Crippen molar-refractivity contribution < 1.29 is 9.53 Å². The number of fused-ring (bicyclic) bond motifs is 1. The number of carbonyl (C=O) groups is 1. The summed E-state index contributed by atoms with van der Waals surface area (Å²) in [7, 11) is 0. The molecule has 1 aliphatic heterocycles. The van der Waals surface area contributed by atoms with E-state index in [9.17, 15) is 4.79 Å². The molecular weight excluding hydrogens is 368 g/mol. The molecule has 0 fully saturated rings. The molecule has 0 aliphatic carbocycles. The van der Waals surface area contributed by atoms with Gasteiger partial charge < -0.3 is 4.74 Å². The molecule has 0 bridgehead atoms. The number of rotatable bonds is 0. The Morgan fingerprint density at radius 1 is 1.23 bits per heavy atom. The Bertz CT molecular complexity index is 401. The zero-order valence-electron chi connectivity index (χ0n) is 6.23. The maximum absolute atomic E-state index is 11.3. The lowest BCUT2D eigenvalue weighted by Crippen LogP contribution is -1.95. The van der Waals surface area contributed by atoms with E-state index in [0.29, 0.717) is 12.2 Å². The number of hydrogen-bond acceptors (Lipinski definition) is 2. The van der Waals surface area contributed by atoms with Crippen molar-refractivity contribution in [1.82, 2.24) is 0 Å². The zero-order valence-corrected chi connectivity index (χ0v) is 11.0. The van der Waals surface area contributed by atoms with Crippen LogP contribution in [-0.2, 0) is 11.3 Å². The highest BCUT2D eigenvalue weighted by Crippen LogP contribution is 2.38. The van der Waals surface area contributed by atoms with E-state index in [-0.39, 0.29) is 5.97 Å². The van der Waals surface area contributed by atoms with Gasteiger partial charge in [0.05, 0.1) is 5.56 Å². The Balaban J connectivity index is 2.76. The second-order valence-corrected chi connectivity index (χ2v) is 5.09. The van der Waals surface area contributed by atoms with Crippen molar-refractivity contribution >= 4 is 53.8 Å². The average Bonchev–Trinajstić information content (AvgIpc) is 2.44. The van der Waals surface area contributed by atoms with Gasteiger partial charge in [0.15, 0.2) is 0 Å². The molecule has 0 radical (unpaired) electrons. The molecule has 2 rings (SSSR count). The molecule has 0 N–H and O–H groups in total. The zero-order chi connectivity index (χ0) is 9.59. The van der Waals surface area contributed by atoms with Gasteiger partial charge in [-0.15, -0.1) is 0 Å². The minimum atomic E-state index is -0.268. The van der Waals surface area contributed by atoms with Gasteiger partial charge in [0, 0.05) is 19.0 Å². The van der Waals surface area contributed by atoms with Crippen LogP contribution in [0.3, 0.4) is 0 Å². The van der Waals surface area contributed by atoms with Crippen molar-refractivity contribution in [2.24, 2.45) is 0 Å². The molecular formula is C8H3Br3O2. The SMILES string of the molecule is O=C1OCc2c(Br)c(Br)cc(Br)c21. The highest BCUT2D eigenvalue weighted by Gasteiger charge is 2.27. The highest BCUT2D eigenvalue weighted by atomic mass is 79.9. The number of esters is 1. The van der Waals surface area contributed by atoms with Crippen LogP contribution in [-0.4, -0.2) is 5.97 Å². The Hall–Kier alpha value is 0.130. The van der Waals surface area contributed by atoms with Crippen molar-refractivity contribution in [2.75, 3.05) is 0 Å². The highest BCUT2D eigenvalue weighted by molar-refractivity contribution is 9.13. The number of hydrogen-bond donors (Lipinski definition) is 0. The summed E-state index contributed by atoms with van der Waals surface area (Å²) >= 11 is 10.1. The second kappa shape index (κ2) is 3.37. The summed E-state index contributed by atoms with van der Waals surface area (Å²) in [4.78, 5) is 11.3. The smallest absolute Gasteiger partial charge is 0.340 e. The molecule has 2 nitrogen and oxygen atoms in total. The number of halogens is 3. The van der Waals surface area contributed by atoms with Gasteiger partial charge in [-0.2, -0.15) is 0 Å². The van der Waals surface area contributed by atoms with Gasteiger partial charge in [0.2, 0.25) is 0 Å². The lowest BCUT2D eigenvalue weighted by Gasteiger charge is -2.03. The fourth-order valence-electron chi connectivity index (χ4n) is 1.21. The molecule has 1 aromatic rings. The molecule has 13 heavy (non-hydrogen) atoms. The van der Waals surface area contributed by atoms with E-state index in [2.05, 4.69) is 47.8 Å². The number of ether oxygens (including phenoxy) is 1. The minimum absolute atomic E-state index is 0.268. The lowest BCUT2D eigenvalue weighted by molar-refractivity contribution is 0.0534. The number of cyclic esters (lactones) is 1. The van der Waals surface area contributed by atoms with Crippen LogP contribution in [0.15, 0.2) is 19.5 Å². The predicted molar refractivity (Wildman–Crippen MR) is 58.7 cm³/mol. The number of carbonyl (C=O) groups excluding carboxylic acids is 1. The van der Waals surface area contributed by atoms with Crippen LogP contribution in [0.2, 0.25) is 0 Å². The third kappa shape index (κ3) is 1.47. The Morgan fingerprint density at radius 2 is 1.92 bits per heavy atom. The summed E-state index contributed by atoms with van der Waals surface area (Å²) in [6, 6.07) is 1.83. The van der Waals surface area contributed by atoms with Crippen LogP contribution in [0.25, 0.3) is 0 Å². The molecule has 0 unspecified atom stereocenters. The topological polar surface area (TPSA) is 26.3 Å². The Kier molecular flexibility index (Phi) is 2.51. The van der Waals surface area contributed by atoms with Gasteiger partial charge in [-0.25, -0.2) is 4.79 Å². The second-order valence-electron chi connectivity index (χ2n) is 2.58. The van der Waals surface area contributed by atoms with Crippen LogP contribution in [0, 0.1) is 0 Å². The molecule has 68 valence electrons. The van der Waals surface area contributed by atoms with Crippen molar-refractivity contribution in [3.05, 3.63) is 30.6 Å². The van der Waals surface area contributed by atoms with Crippen molar-refractivity contribution in [3.8, 4) is 0 Å². The summed E-state index contributed by atoms with van der Waals surface area (Å²) in [5.74, 6) is -0.268. The van der Waals surface area contributed by atoms with E-state index in [1.165, 1.54) is 0 Å². The fourth-order valence-corrected chi connectivity index (χ4v) is 3.04. The van der Waals surface area contributed by atoms with E-state index in [4.69, 9.17) is 4.74 Å². The first-order valence-electron chi connectivity index (χ1n) is 3.44. The first-order chi connectivity index (χ1) is 6.11. The van der Waals surface area contributed by atoms with Crippen LogP contribution in [0.5, 0.6) is 0 Å². The van der Waals surface area contributed by atoms with Crippen LogP contribution in [0.1, 0.15) is 15.9 Å². The summed E-state index contributed by atoms with van der Waals surface area (Å²) in [5, 5.41) is 0. The van der Waals surface area contributed by atoms with E-state index in [0.717, 1.165) is 19.0 Å². The van der Waals surface area contributed by atoms with E-state index >= 15 is 0 Å². The first kappa shape index (κ1) is 9.68. The quantitative estimate of drug-likeness (QED) is 0.515. The van der Waals surface area contributed by atoms with Crippen LogP contribution >= 0.6 is 47.8 Å². The minimum Gasteiger partial charge on any atom is -0.457 e. The summed E-state index contributed by atoms with van der Waals surface area (Å²) in [5.41, 5.74) is 1.52. The van der Waals surface area contributed by atoms with Crippen molar-refractivity contribution in [2.45, 2.75) is 6.61 Å². The maximum Gasteiger partial charge on any atom is 0.340 e. The van der Waals surface area contributed by atoms with Gasteiger partial charge in [-0.1, -0.05) is 0 Å². The van der Waals surface area contributed by atoms with Gasteiger partial charge in [0.1, 0.15) is 6.61 Å². The molecule has 0 atom stereocenters. The molecule has 0 spiro atoms. The van der Waals surface area contributed by atoms with Gasteiger partial charge in [-0.05, 0) is 53.9 Å². The van der Waals surface area contributed by atoms with Gasteiger partial charge in [-0.3, -0.25) is 0 Å². The summed E-state index contributed by atoms with van der Waals surface area (Å²) in [6.45, 7) is 0.340. The third-order valence-corrected chi connectivity index (χ3v) is 4.51. The Labute approximate surface area is 100 Å². The standard InChI is InChI=1S/C8H3Br3O2/c9-4-1-5(10)7(11)3-2-13-8(12)6(3)4/h1H,2H2. The summed E-state index contributed by atoms with van der Waals surface area (Å²) in [6.07, 6.45) is 0. The van der Waals surface area contributed by atoms with Gasteiger partial charge in [0.25, 0.3) is 0 Å². The average molecular weight is 371 g/mol. The predicted octanol–water partition coefficient (Wildman–Crippen LogP) is 3.64. The molecule has 0 amide bonds. The largest absolute Gasteiger partial charge is 0.457 e.